The van der Waals surface area contributed by atoms with Gasteiger partial charge in [-0.15, -0.1) is 0 Å². The van der Waals surface area contributed by atoms with E-state index in [9.17, 15) is 4.39 Å². The first-order valence-corrected chi connectivity index (χ1v) is 10.5. The molecule has 0 bridgehead atoms. The molecule has 1 fully saturated rings. The van der Waals surface area contributed by atoms with E-state index in [1.807, 2.05) is 43.3 Å². The van der Waals surface area contributed by atoms with Crippen molar-refractivity contribution in [1.82, 2.24) is 25.8 Å². The molecular weight excluding hydrogens is 395 g/mol. The number of rotatable bonds is 8. The van der Waals surface area contributed by atoms with E-state index in [0.717, 1.165) is 36.3 Å². The molecule has 1 saturated carbocycles. The third-order valence-electron chi connectivity index (χ3n) is 5.50. The van der Waals surface area contributed by atoms with E-state index in [-0.39, 0.29) is 11.2 Å². The summed E-state index contributed by atoms with van der Waals surface area (Å²) >= 11 is 0. The zero-order valence-corrected chi connectivity index (χ0v) is 17.8. The van der Waals surface area contributed by atoms with Crippen molar-refractivity contribution in [3.8, 4) is 17.1 Å². The number of halogens is 1. The molecular formula is C23H27FN6O. The topological polar surface area (TPSA) is 87.2 Å². The van der Waals surface area contributed by atoms with Crippen molar-refractivity contribution in [2.24, 2.45) is 4.99 Å². The molecule has 1 heterocycles. The Balaban J connectivity index is 1.40. The van der Waals surface area contributed by atoms with Crippen molar-refractivity contribution >= 4 is 5.96 Å². The Bertz CT molecular complexity index is 1040. The standard InChI is InChI=1S/C23H27FN6O/c1-3-25-22(27-15-23(12-13-23)18-6-4-5-7-19(18)24)26-14-20-28-21(30-29-20)16-8-10-17(31-2)11-9-16/h4-11H,3,12-15H2,1-2H3,(H2,25,26,27)(H,28,29,30). The van der Waals surface area contributed by atoms with Crippen LogP contribution in [0.25, 0.3) is 11.4 Å². The number of aromatic amines is 1. The van der Waals surface area contributed by atoms with Crippen molar-refractivity contribution in [1.29, 1.82) is 0 Å². The lowest BCUT2D eigenvalue weighted by Gasteiger charge is -2.19. The number of nitrogens with one attached hydrogen (secondary N) is 3. The molecule has 1 aliphatic carbocycles. The van der Waals surface area contributed by atoms with Gasteiger partial charge < -0.3 is 15.4 Å². The summed E-state index contributed by atoms with van der Waals surface area (Å²) in [6.07, 6.45) is 1.93. The smallest absolute Gasteiger partial charge is 0.191 e. The van der Waals surface area contributed by atoms with Crippen molar-refractivity contribution < 1.29 is 9.13 Å². The van der Waals surface area contributed by atoms with Crippen LogP contribution < -0.4 is 15.4 Å². The number of benzene rings is 2. The van der Waals surface area contributed by atoms with Crippen LogP contribution in [0.15, 0.2) is 53.5 Å². The fourth-order valence-corrected chi connectivity index (χ4v) is 3.57. The van der Waals surface area contributed by atoms with E-state index in [0.29, 0.717) is 30.7 Å². The highest BCUT2D eigenvalue weighted by Crippen LogP contribution is 2.48. The number of guanidine groups is 1. The van der Waals surface area contributed by atoms with Crippen molar-refractivity contribution in [3.05, 3.63) is 65.7 Å². The second-order valence-corrected chi connectivity index (χ2v) is 7.64. The van der Waals surface area contributed by atoms with Gasteiger partial charge >= 0.3 is 0 Å². The van der Waals surface area contributed by atoms with E-state index in [1.54, 1.807) is 13.2 Å². The largest absolute Gasteiger partial charge is 0.497 e. The lowest BCUT2D eigenvalue weighted by molar-refractivity contribution is 0.415. The Kier molecular flexibility index (Phi) is 6.16. The molecule has 0 amide bonds. The van der Waals surface area contributed by atoms with E-state index >= 15 is 0 Å². The molecule has 0 atom stereocenters. The van der Waals surface area contributed by atoms with Gasteiger partial charge in [0.15, 0.2) is 11.8 Å². The fourth-order valence-electron chi connectivity index (χ4n) is 3.57. The first kappa shape index (κ1) is 20.8. The molecule has 31 heavy (non-hydrogen) atoms. The average molecular weight is 423 g/mol. The van der Waals surface area contributed by atoms with Crippen LogP contribution in [-0.2, 0) is 12.0 Å². The molecule has 1 aromatic heterocycles. The molecule has 3 N–H and O–H groups in total. The number of H-pyrrole nitrogens is 1. The van der Waals surface area contributed by atoms with Crippen LogP contribution in [0.1, 0.15) is 31.2 Å². The molecule has 0 spiro atoms. The van der Waals surface area contributed by atoms with Gasteiger partial charge in [-0.1, -0.05) is 18.2 Å². The minimum atomic E-state index is -0.157. The van der Waals surface area contributed by atoms with E-state index in [1.165, 1.54) is 6.07 Å². The minimum absolute atomic E-state index is 0.142. The fraction of sp³-hybridized carbons (Fsp3) is 0.348. The molecule has 0 radical (unpaired) electrons. The van der Waals surface area contributed by atoms with Crippen LogP contribution in [0.5, 0.6) is 5.75 Å². The Labute approximate surface area is 181 Å². The van der Waals surface area contributed by atoms with Gasteiger partial charge in [-0.2, -0.15) is 5.10 Å². The molecule has 4 rings (SSSR count). The quantitative estimate of drug-likeness (QED) is 0.383. The van der Waals surface area contributed by atoms with Crippen LogP contribution in [0.3, 0.4) is 0 Å². The molecule has 7 nitrogen and oxygen atoms in total. The predicted molar refractivity (Wildman–Crippen MR) is 119 cm³/mol. The normalized spacial score (nSPS) is 14.9. The van der Waals surface area contributed by atoms with E-state index in [4.69, 9.17) is 4.74 Å². The van der Waals surface area contributed by atoms with E-state index in [2.05, 4.69) is 30.8 Å². The minimum Gasteiger partial charge on any atom is -0.497 e. The SMILES string of the molecule is CCNC(=NCc1nc(-c2ccc(OC)cc2)n[nH]1)NCC1(c2ccccc2F)CC1. The summed E-state index contributed by atoms with van der Waals surface area (Å²) in [7, 11) is 1.63. The van der Waals surface area contributed by atoms with Gasteiger partial charge in [0, 0.05) is 24.1 Å². The second-order valence-electron chi connectivity index (χ2n) is 7.64. The highest BCUT2D eigenvalue weighted by atomic mass is 19.1. The third kappa shape index (κ3) is 4.84. The maximum absolute atomic E-state index is 14.3. The van der Waals surface area contributed by atoms with Crippen LogP contribution >= 0.6 is 0 Å². The number of nitrogens with zero attached hydrogens (tertiary/aromatic N) is 3. The van der Waals surface area contributed by atoms with Crippen molar-refractivity contribution in [3.63, 3.8) is 0 Å². The summed E-state index contributed by atoms with van der Waals surface area (Å²) in [5.74, 6) is 2.60. The zero-order chi connectivity index (χ0) is 21.7. The molecule has 2 aromatic carbocycles. The highest BCUT2D eigenvalue weighted by molar-refractivity contribution is 5.80. The summed E-state index contributed by atoms with van der Waals surface area (Å²) in [6.45, 7) is 3.72. The number of hydrogen-bond acceptors (Lipinski definition) is 4. The van der Waals surface area contributed by atoms with Crippen molar-refractivity contribution in [2.45, 2.75) is 31.7 Å². The van der Waals surface area contributed by atoms with Crippen LogP contribution in [-0.4, -0.2) is 41.3 Å². The Morgan fingerprint density at radius 1 is 1.16 bits per heavy atom. The first-order valence-electron chi connectivity index (χ1n) is 10.5. The number of methoxy groups -OCH3 is 1. The molecule has 0 saturated heterocycles. The predicted octanol–water partition coefficient (Wildman–Crippen LogP) is 3.41. The third-order valence-corrected chi connectivity index (χ3v) is 5.50. The summed E-state index contributed by atoms with van der Waals surface area (Å²) in [5, 5.41) is 13.8. The molecule has 162 valence electrons. The highest BCUT2D eigenvalue weighted by Gasteiger charge is 2.45. The molecule has 3 aromatic rings. The van der Waals surface area contributed by atoms with Crippen LogP contribution in [0, 0.1) is 5.82 Å². The number of ether oxygens (including phenoxy) is 1. The lowest BCUT2D eigenvalue weighted by Crippen LogP contribution is -2.41. The number of aromatic nitrogens is 3. The summed E-state index contributed by atoms with van der Waals surface area (Å²) in [5.41, 5.74) is 1.52. The maximum Gasteiger partial charge on any atom is 0.191 e. The maximum atomic E-state index is 14.3. The molecule has 0 unspecified atom stereocenters. The van der Waals surface area contributed by atoms with Gasteiger partial charge in [-0.25, -0.2) is 14.4 Å². The second kappa shape index (κ2) is 9.16. The Morgan fingerprint density at radius 3 is 2.61 bits per heavy atom. The molecule has 1 aliphatic rings. The summed E-state index contributed by atoms with van der Waals surface area (Å²) in [4.78, 5) is 9.14. The molecule has 0 aliphatic heterocycles. The van der Waals surface area contributed by atoms with Gasteiger partial charge in [0.25, 0.3) is 0 Å². The van der Waals surface area contributed by atoms with Gasteiger partial charge in [-0.3, -0.25) is 5.10 Å². The van der Waals surface area contributed by atoms with Gasteiger partial charge in [0.1, 0.15) is 23.9 Å². The Morgan fingerprint density at radius 2 is 1.94 bits per heavy atom. The van der Waals surface area contributed by atoms with Gasteiger partial charge in [0.2, 0.25) is 0 Å². The van der Waals surface area contributed by atoms with Gasteiger partial charge in [0.05, 0.1) is 7.11 Å². The lowest BCUT2D eigenvalue weighted by atomic mass is 9.95. The average Bonchev–Trinajstić information content (AvgIpc) is 3.44. The first-order chi connectivity index (χ1) is 15.1. The summed E-state index contributed by atoms with van der Waals surface area (Å²) in [6, 6.07) is 14.6. The number of aliphatic imine (C=N–C) groups is 1. The Hall–Kier alpha value is -3.42. The van der Waals surface area contributed by atoms with Gasteiger partial charge in [-0.05, 0) is 55.7 Å². The zero-order valence-electron chi connectivity index (χ0n) is 17.8. The van der Waals surface area contributed by atoms with Crippen molar-refractivity contribution in [2.75, 3.05) is 20.2 Å². The number of hydrogen-bond donors (Lipinski definition) is 3. The monoisotopic (exact) mass is 422 g/mol. The molecule has 8 heteroatoms. The van der Waals surface area contributed by atoms with Crippen LogP contribution in [0.4, 0.5) is 4.39 Å². The van der Waals surface area contributed by atoms with E-state index < -0.39 is 0 Å². The summed E-state index contributed by atoms with van der Waals surface area (Å²) < 4.78 is 19.4. The van der Waals surface area contributed by atoms with Crippen LogP contribution in [0.2, 0.25) is 0 Å².